The molecular weight excluding hydrogens is 341 g/mol. The Labute approximate surface area is 122 Å². The molecule has 7 heteroatoms. The zero-order valence-corrected chi connectivity index (χ0v) is 12.1. The summed E-state index contributed by atoms with van der Waals surface area (Å²) in [5.41, 5.74) is -0.819. The number of carbonyl (C=O) groups excluding carboxylic acids is 1. The van der Waals surface area contributed by atoms with Crippen LogP contribution in [-0.2, 0) is 15.7 Å². The molecule has 0 bridgehead atoms. The number of halogens is 4. The molecule has 0 atom stereocenters. The van der Waals surface area contributed by atoms with Gasteiger partial charge in [-0.05, 0) is 25.1 Å². The van der Waals surface area contributed by atoms with Crippen LogP contribution in [-0.4, -0.2) is 17.9 Å². The van der Waals surface area contributed by atoms with Crippen molar-refractivity contribution in [2.24, 2.45) is 0 Å². The Bertz CT molecular complexity index is 498. The number of esters is 1. The van der Waals surface area contributed by atoms with Crippen molar-refractivity contribution in [1.82, 2.24) is 0 Å². The van der Waals surface area contributed by atoms with Crippen LogP contribution >= 0.6 is 15.9 Å². The maximum atomic E-state index is 12.5. The molecule has 0 aliphatic rings. The minimum absolute atomic E-state index is 0.00479. The van der Waals surface area contributed by atoms with Gasteiger partial charge in [0.2, 0.25) is 0 Å². The molecule has 1 aromatic rings. The first-order valence-corrected chi connectivity index (χ1v) is 6.77. The van der Waals surface area contributed by atoms with Crippen LogP contribution in [0, 0.1) is 0 Å². The fourth-order valence-corrected chi connectivity index (χ4v) is 1.57. The van der Waals surface area contributed by atoms with Crippen LogP contribution in [0.15, 0.2) is 36.1 Å². The van der Waals surface area contributed by atoms with Gasteiger partial charge in [-0.1, -0.05) is 22.0 Å². The molecule has 0 saturated heterocycles. The lowest BCUT2D eigenvalue weighted by molar-refractivity contribution is -0.138. The number of allylic oxidation sites excluding steroid dienone is 1. The average Bonchev–Trinajstić information content (AvgIpc) is 2.37. The number of hydrogen-bond acceptors (Lipinski definition) is 3. The van der Waals surface area contributed by atoms with Crippen LogP contribution in [0.4, 0.5) is 13.2 Å². The van der Waals surface area contributed by atoms with Crippen LogP contribution in [0.2, 0.25) is 0 Å². The summed E-state index contributed by atoms with van der Waals surface area (Å²) in [5.74, 6) is -0.466. The van der Waals surface area contributed by atoms with E-state index in [1.165, 1.54) is 12.1 Å². The highest BCUT2D eigenvalue weighted by Gasteiger charge is 2.30. The van der Waals surface area contributed by atoms with E-state index in [1.54, 1.807) is 6.92 Å². The van der Waals surface area contributed by atoms with Crippen molar-refractivity contribution in [2.45, 2.75) is 13.1 Å². The molecule has 0 unspecified atom stereocenters. The van der Waals surface area contributed by atoms with Crippen LogP contribution in [0.25, 0.3) is 0 Å². The van der Waals surface area contributed by atoms with Gasteiger partial charge in [0.25, 0.3) is 0 Å². The van der Waals surface area contributed by atoms with Gasteiger partial charge >= 0.3 is 12.1 Å². The summed E-state index contributed by atoms with van der Waals surface area (Å²) in [6.45, 7) is 1.85. The minimum atomic E-state index is -4.45. The zero-order chi connectivity index (χ0) is 15.2. The van der Waals surface area contributed by atoms with Crippen molar-refractivity contribution in [3.05, 3.63) is 41.7 Å². The smallest absolute Gasteiger partial charge is 0.416 e. The highest BCUT2D eigenvalue weighted by atomic mass is 79.9. The van der Waals surface area contributed by atoms with Gasteiger partial charge in [-0.25, -0.2) is 4.79 Å². The second kappa shape index (κ2) is 7.33. The number of ether oxygens (including phenoxy) is 2. The van der Waals surface area contributed by atoms with Gasteiger partial charge in [0.1, 0.15) is 11.5 Å². The van der Waals surface area contributed by atoms with Crippen molar-refractivity contribution >= 4 is 21.9 Å². The molecule has 3 nitrogen and oxygen atoms in total. The molecule has 110 valence electrons. The van der Waals surface area contributed by atoms with E-state index < -0.39 is 17.7 Å². The van der Waals surface area contributed by atoms with Gasteiger partial charge < -0.3 is 9.47 Å². The Kier molecular flexibility index (Phi) is 6.06. The van der Waals surface area contributed by atoms with E-state index in [9.17, 15) is 18.0 Å². The quantitative estimate of drug-likeness (QED) is 0.348. The van der Waals surface area contributed by atoms with Crippen LogP contribution in [0.1, 0.15) is 12.5 Å². The zero-order valence-electron chi connectivity index (χ0n) is 10.5. The summed E-state index contributed by atoms with van der Waals surface area (Å²) in [4.78, 5) is 11.2. The molecule has 1 aromatic carbocycles. The van der Waals surface area contributed by atoms with Crippen LogP contribution in [0.5, 0.6) is 5.75 Å². The fraction of sp³-hybridized carbons (Fsp3) is 0.308. The van der Waals surface area contributed by atoms with Crippen LogP contribution < -0.4 is 4.74 Å². The predicted molar refractivity (Wildman–Crippen MR) is 70.6 cm³/mol. The lowest BCUT2D eigenvalue weighted by Crippen LogP contribution is -2.07. The van der Waals surface area contributed by atoms with E-state index in [2.05, 4.69) is 15.9 Å². The maximum Gasteiger partial charge on any atom is 0.416 e. The van der Waals surface area contributed by atoms with Gasteiger partial charge in [-0.15, -0.1) is 0 Å². The van der Waals surface area contributed by atoms with Crippen LogP contribution in [0.3, 0.4) is 0 Å². The molecule has 0 aliphatic heterocycles. The maximum absolute atomic E-state index is 12.5. The number of carbonyl (C=O) groups is 1. The summed E-state index contributed by atoms with van der Waals surface area (Å²) >= 11 is 3.09. The topological polar surface area (TPSA) is 35.5 Å². The Morgan fingerprint density at radius 1 is 1.40 bits per heavy atom. The summed E-state index contributed by atoms with van der Waals surface area (Å²) in [7, 11) is 0. The van der Waals surface area contributed by atoms with E-state index in [4.69, 9.17) is 9.47 Å². The van der Waals surface area contributed by atoms with Crippen molar-refractivity contribution in [2.75, 3.05) is 11.9 Å². The number of hydrogen-bond donors (Lipinski definition) is 0. The van der Waals surface area contributed by atoms with E-state index in [-0.39, 0.29) is 23.4 Å². The van der Waals surface area contributed by atoms with Gasteiger partial charge in [0.05, 0.1) is 23.6 Å². The largest absolute Gasteiger partial charge is 0.463 e. The molecule has 0 aromatic heterocycles. The molecular formula is C13H12BrF3O3. The van der Waals surface area contributed by atoms with E-state index in [0.29, 0.717) is 0 Å². The van der Waals surface area contributed by atoms with E-state index in [1.807, 2.05) is 0 Å². The van der Waals surface area contributed by atoms with E-state index >= 15 is 0 Å². The second-order valence-electron chi connectivity index (χ2n) is 3.62. The van der Waals surface area contributed by atoms with Gasteiger partial charge in [0.15, 0.2) is 0 Å². The third-order valence-electron chi connectivity index (χ3n) is 2.11. The Morgan fingerprint density at radius 3 is 2.65 bits per heavy atom. The molecule has 0 amide bonds. The Hall–Kier alpha value is -1.50. The predicted octanol–water partition coefficient (Wildman–Crippen LogP) is 3.93. The summed E-state index contributed by atoms with van der Waals surface area (Å²) < 4.78 is 47.6. The van der Waals surface area contributed by atoms with Gasteiger partial charge in [-0.3, -0.25) is 0 Å². The second-order valence-corrected chi connectivity index (χ2v) is 4.18. The molecule has 0 fully saturated rings. The molecule has 20 heavy (non-hydrogen) atoms. The van der Waals surface area contributed by atoms with Crippen molar-refractivity contribution in [3.8, 4) is 5.75 Å². The fourth-order valence-electron chi connectivity index (χ4n) is 1.30. The molecule has 0 heterocycles. The number of benzene rings is 1. The summed E-state index contributed by atoms with van der Waals surface area (Å²) in [5, 5.41) is 0.169. The molecule has 0 radical (unpaired) electrons. The molecule has 0 N–H and O–H groups in total. The molecule has 1 rings (SSSR count). The first kappa shape index (κ1) is 16.6. The standard InChI is InChI=1S/C13H12BrF3O3/c1-2-19-12(18)7-11(8-14)20-10-5-3-4-9(6-10)13(15,16)17/h3-7H,2,8H2,1H3/b11-7-. The van der Waals surface area contributed by atoms with Gasteiger partial charge in [-0.2, -0.15) is 13.2 Å². The minimum Gasteiger partial charge on any atom is -0.463 e. The lowest BCUT2D eigenvalue weighted by atomic mass is 10.2. The third kappa shape index (κ3) is 5.24. The average molecular weight is 353 g/mol. The first-order valence-electron chi connectivity index (χ1n) is 5.65. The summed E-state index contributed by atoms with van der Waals surface area (Å²) in [6, 6.07) is 4.41. The SMILES string of the molecule is CCOC(=O)/C=C(/CBr)Oc1cccc(C(F)(F)F)c1. The first-order chi connectivity index (χ1) is 9.36. The number of alkyl halides is 4. The Morgan fingerprint density at radius 2 is 2.10 bits per heavy atom. The summed E-state index contributed by atoms with van der Waals surface area (Å²) in [6.07, 6.45) is -3.36. The molecule has 0 aliphatic carbocycles. The van der Waals surface area contributed by atoms with Crippen molar-refractivity contribution in [3.63, 3.8) is 0 Å². The van der Waals surface area contributed by atoms with Crippen molar-refractivity contribution < 1.29 is 27.4 Å². The van der Waals surface area contributed by atoms with Gasteiger partial charge in [0, 0.05) is 0 Å². The van der Waals surface area contributed by atoms with Crippen molar-refractivity contribution in [1.29, 1.82) is 0 Å². The number of rotatable bonds is 5. The highest BCUT2D eigenvalue weighted by Crippen LogP contribution is 2.31. The highest BCUT2D eigenvalue weighted by molar-refractivity contribution is 9.09. The van der Waals surface area contributed by atoms with E-state index in [0.717, 1.165) is 18.2 Å². The Balaban J connectivity index is 2.88. The normalized spacial score (nSPS) is 12.2. The molecule has 0 saturated carbocycles. The lowest BCUT2D eigenvalue weighted by Gasteiger charge is -2.11. The monoisotopic (exact) mass is 352 g/mol. The molecule has 0 spiro atoms. The third-order valence-corrected chi connectivity index (χ3v) is 2.66.